The number of benzene rings is 2. The molecule has 0 aromatic heterocycles. The van der Waals surface area contributed by atoms with Gasteiger partial charge in [-0.3, -0.25) is 0 Å². The third-order valence-corrected chi connectivity index (χ3v) is 3.17. The number of hydrogen-bond donors (Lipinski definition) is 1. The molecule has 0 saturated heterocycles. The Labute approximate surface area is 125 Å². The summed E-state index contributed by atoms with van der Waals surface area (Å²) in [6, 6.07) is 12.1. The Morgan fingerprint density at radius 3 is 2.50 bits per heavy atom. The first kappa shape index (κ1) is 14.7. The number of rotatable bonds is 6. The van der Waals surface area contributed by atoms with Crippen molar-refractivity contribution in [2.75, 3.05) is 25.6 Å². The summed E-state index contributed by atoms with van der Waals surface area (Å²) >= 11 is 3.31. The molecule has 1 N–H and O–H groups in total. The molecular weight excluding hydrogens is 325 g/mol. The standard InChI is InChI=1S/C15H15BrFNO2/c1-19-12-3-5-13(6-4-12)20-9-8-18-15-10-11(16)2-7-14(15)17/h2-7,10,18H,8-9H2,1H3. The first-order valence-corrected chi connectivity index (χ1v) is 6.94. The molecule has 0 unspecified atom stereocenters. The van der Waals surface area contributed by atoms with Gasteiger partial charge in [0.15, 0.2) is 0 Å². The van der Waals surface area contributed by atoms with Crippen LogP contribution in [0.3, 0.4) is 0 Å². The lowest BCUT2D eigenvalue weighted by Crippen LogP contribution is -2.12. The first-order chi connectivity index (χ1) is 9.69. The van der Waals surface area contributed by atoms with Gasteiger partial charge in [-0.1, -0.05) is 15.9 Å². The first-order valence-electron chi connectivity index (χ1n) is 6.15. The Kier molecular flexibility index (Phi) is 5.24. The zero-order valence-corrected chi connectivity index (χ0v) is 12.6. The van der Waals surface area contributed by atoms with Crippen LogP contribution >= 0.6 is 15.9 Å². The van der Waals surface area contributed by atoms with Crippen molar-refractivity contribution < 1.29 is 13.9 Å². The van der Waals surface area contributed by atoms with Gasteiger partial charge < -0.3 is 14.8 Å². The van der Waals surface area contributed by atoms with Crippen molar-refractivity contribution in [3.8, 4) is 11.5 Å². The van der Waals surface area contributed by atoms with Gasteiger partial charge in [0.25, 0.3) is 0 Å². The minimum absolute atomic E-state index is 0.280. The summed E-state index contributed by atoms with van der Waals surface area (Å²) in [7, 11) is 1.62. The number of ether oxygens (including phenoxy) is 2. The topological polar surface area (TPSA) is 30.5 Å². The summed E-state index contributed by atoms with van der Waals surface area (Å²) in [6.07, 6.45) is 0. The Bertz CT molecular complexity index is 560. The molecule has 0 aliphatic rings. The van der Waals surface area contributed by atoms with E-state index < -0.39 is 0 Å². The van der Waals surface area contributed by atoms with Gasteiger partial charge in [0.1, 0.15) is 23.9 Å². The largest absolute Gasteiger partial charge is 0.497 e. The van der Waals surface area contributed by atoms with Crippen LogP contribution in [0.15, 0.2) is 46.9 Å². The second-order valence-corrected chi connectivity index (χ2v) is 4.99. The fraction of sp³-hybridized carbons (Fsp3) is 0.200. The van der Waals surface area contributed by atoms with E-state index >= 15 is 0 Å². The van der Waals surface area contributed by atoms with E-state index in [0.29, 0.717) is 18.8 Å². The lowest BCUT2D eigenvalue weighted by molar-refractivity contribution is 0.331. The van der Waals surface area contributed by atoms with Gasteiger partial charge >= 0.3 is 0 Å². The summed E-state index contributed by atoms with van der Waals surface area (Å²) in [5.41, 5.74) is 0.456. The Morgan fingerprint density at radius 2 is 1.80 bits per heavy atom. The Hall–Kier alpha value is -1.75. The summed E-state index contributed by atoms with van der Waals surface area (Å²) in [4.78, 5) is 0. The lowest BCUT2D eigenvalue weighted by Gasteiger charge is -2.10. The van der Waals surface area contributed by atoms with Gasteiger partial charge in [-0.2, -0.15) is 0 Å². The lowest BCUT2D eigenvalue weighted by atomic mass is 10.3. The molecule has 3 nitrogen and oxygen atoms in total. The summed E-state index contributed by atoms with van der Waals surface area (Å²) in [5.74, 6) is 1.26. The molecule has 0 saturated carbocycles. The highest BCUT2D eigenvalue weighted by molar-refractivity contribution is 9.10. The van der Waals surface area contributed by atoms with Crippen molar-refractivity contribution >= 4 is 21.6 Å². The smallest absolute Gasteiger partial charge is 0.146 e. The van der Waals surface area contributed by atoms with Crippen LogP contribution in [0.5, 0.6) is 11.5 Å². The number of methoxy groups -OCH3 is 1. The van der Waals surface area contributed by atoms with Crippen LogP contribution in [-0.4, -0.2) is 20.3 Å². The maximum Gasteiger partial charge on any atom is 0.146 e. The van der Waals surface area contributed by atoms with Crippen molar-refractivity contribution in [3.05, 3.63) is 52.8 Å². The highest BCUT2D eigenvalue weighted by Crippen LogP contribution is 2.20. The second kappa shape index (κ2) is 7.14. The van der Waals surface area contributed by atoms with Gasteiger partial charge in [0.2, 0.25) is 0 Å². The maximum atomic E-state index is 13.5. The molecule has 0 radical (unpaired) electrons. The fourth-order valence-corrected chi connectivity index (χ4v) is 2.02. The molecule has 2 aromatic rings. The van der Waals surface area contributed by atoms with Crippen molar-refractivity contribution in [2.45, 2.75) is 0 Å². The van der Waals surface area contributed by atoms with E-state index in [4.69, 9.17) is 9.47 Å². The van der Waals surface area contributed by atoms with Crippen LogP contribution in [0.25, 0.3) is 0 Å². The van der Waals surface area contributed by atoms with E-state index in [1.807, 2.05) is 24.3 Å². The van der Waals surface area contributed by atoms with Gasteiger partial charge in [0.05, 0.1) is 12.8 Å². The predicted octanol–water partition coefficient (Wildman–Crippen LogP) is 4.09. The van der Waals surface area contributed by atoms with Gasteiger partial charge in [-0.05, 0) is 42.5 Å². The molecule has 2 rings (SSSR count). The Balaban J connectivity index is 1.79. The Morgan fingerprint density at radius 1 is 1.10 bits per heavy atom. The third-order valence-electron chi connectivity index (χ3n) is 2.67. The molecule has 0 bridgehead atoms. The minimum atomic E-state index is -0.280. The average Bonchev–Trinajstić information content (AvgIpc) is 2.47. The quantitative estimate of drug-likeness (QED) is 0.804. The zero-order chi connectivity index (χ0) is 14.4. The highest BCUT2D eigenvalue weighted by Gasteiger charge is 2.02. The molecule has 2 aromatic carbocycles. The molecule has 0 spiro atoms. The van der Waals surface area contributed by atoms with Gasteiger partial charge in [-0.25, -0.2) is 4.39 Å². The number of halogens is 2. The SMILES string of the molecule is COc1ccc(OCCNc2cc(Br)ccc2F)cc1. The predicted molar refractivity (Wildman–Crippen MR) is 81.1 cm³/mol. The minimum Gasteiger partial charge on any atom is -0.497 e. The van der Waals surface area contributed by atoms with Crippen LogP contribution in [-0.2, 0) is 0 Å². The molecule has 106 valence electrons. The summed E-state index contributed by atoms with van der Waals surface area (Å²) in [6.45, 7) is 0.956. The second-order valence-electron chi connectivity index (χ2n) is 4.07. The van der Waals surface area contributed by atoms with Gasteiger partial charge in [0, 0.05) is 11.0 Å². The van der Waals surface area contributed by atoms with E-state index in [2.05, 4.69) is 21.2 Å². The van der Waals surface area contributed by atoms with Crippen molar-refractivity contribution in [1.82, 2.24) is 0 Å². The van der Waals surface area contributed by atoms with E-state index in [1.165, 1.54) is 6.07 Å². The molecule has 0 atom stereocenters. The molecule has 5 heteroatoms. The van der Waals surface area contributed by atoms with Crippen molar-refractivity contribution in [2.24, 2.45) is 0 Å². The average molecular weight is 340 g/mol. The zero-order valence-electron chi connectivity index (χ0n) is 11.0. The van der Waals surface area contributed by atoms with E-state index in [1.54, 1.807) is 19.2 Å². The van der Waals surface area contributed by atoms with E-state index in [0.717, 1.165) is 16.0 Å². The molecule has 20 heavy (non-hydrogen) atoms. The normalized spacial score (nSPS) is 10.2. The molecule has 0 aliphatic carbocycles. The van der Waals surface area contributed by atoms with Crippen molar-refractivity contribution in [1.29, 1.82) is 0 Å². The molecular formula is C15H15BrFNO2. The maximum absolute atomic E-state index is 13.5. The van der Waals surface area contributed by atoms with E-state index in [-0.39, 0.29) is 5.82 Å². The van der Waals surface area contributed by atoms with Crippen LogP contribution in [0.1, 0.15) is 0 Å². The summed E-state index contributed by atoms with van der Waals surface area (Å²) in [5, 5.41) is 2.99. The molecule has 0 fully saturated rings. The van der Waals surface area contributed by atoms with E-state index in [9.17, 15) is 4.39 Å². The van der Waals surface area contributed by atoms with Gasteiger partial charge in [-0.15, -0.1) is 0 Å². The van der Waals surface area contributed by atoms with Crippen molar-refractivity contribution in [3.63, 3.8) is 0 Å². The monoisotopic (exact) mass is 339 g/mol. The van der Waals surface area contributed by atoms with Crippen LogP contribution in [0, 0.1) is 5.82 Å². The van der Waals surface area contributed by atoms with Crippen LogP contribution in [0.2, 0.25) is 0 Å². The number of anilines is 1. The number of hydrogen-bond acceptors (Lipinski definition) is 3. The molecule has 0 amide bonds. The summed E-state index contributed by atoms with van der Waals surface area (Å²) < 4.78 is 24.9. The third kappa shape index (κ3) is 4.13. The van der Waals surface area contributed by atoms with Crippen LogP contribution < -0.4 is 14.8 Å². The number of nitrogens with one attached hydrogen (secondary N) is 1. The molecule has 0 heterocycles. The fourth-order valence-electron chi connectivity index (χ4n) is 1.66. The molecule has 0 aliphatic heterocycles. The highest BCUT2D eigenvalue weighted by atomic mass is 79.9. The van der Waals surface area contributed by atoms with Crippen LogP contribution in [0.4, 0.5) is 10.1 Å².